The van der Waals surface area contributed by atoms with Crippen molar-refractivity contribution in [3.63, 3.8) is 0 Å². The van der Waals surface area contributed by atoms with Gasteiger partial charge in [0.15, 0.2) is 0 Å². The lowest BCUT2D eigenvalue weighted by molar-refractivity contribution is 0.121. The molecule has 88 valence electrons. The van der Waals surface area contributed by atoms with Gasteiger partial charge in [-0.05, 0) is 18.6 Å². The van der Waals surface area contributed by atoms with E-state index < -0.39 is 0 Å². The van der Waals surface area contributed by atoms with Gasteiger partial charge in [-0.1, -0.05) is 23.2 Å². The number of rotatable bonds is 2. The van der Waals surface area contributed by atoms with Gasteiger partial charge in [0.05, 0.1) is 21.8 Å². The van der Waals surface area contributed by atoms with Crippen LogP contribution in [0.15, 0.2) is 12.1 Å². The molecule has 1 unspecified atom stereocenters. The van der Waals surface area contributed by atoms with Gasteiger partial charge >= 0.3 is 0 Å². The summed E-state index contributed by atoms with van der Waals surface area (Å²) in [5.74, 6) is 0. The third kappa shape index (κ3) is 2.21. The maximum Gasteiger partial charge on any atom is 0.0762 e. The minimum Gasteiger partial charge on any atom is -0.399 e. The third-order valence-electron chi connectivity index (χ3n) is 2.83. The number of benzene rings is 1. The third-order valence-corrected chi connectivity index (χ3v) is 3.41. The van der Waals surface area contributed by atoms with E-state index in [1.54, 1.807) is 19.2 Å². The summed E-state index contributed by atoms with van der Waals surface area (Å²) in [7, 11) is 1.72. The molecule has 0 saturated carbocycles. The maximum atomic E-state index is 6.16. The van der Waals surface area contributed by atoms with Crippen LogP contribution >= 0.6 is 23.2 Å². The number of nitrogens with zero attached hydrogens (tertiary/aromatic N) is 1. The Morgan fingerprint density at radius 3 is 2.50 bits per heavy atom. The molecule has 1 saturated heterocycles. The zero-order valence-electron chi connectivity index (χ0n) is 9.04. The molecular weight excluding hydrogens is 247 g/mol. The molecule has 1 aliphatic heterocycles. The lowest BCUT2D eigenvalue weighted by Gasteiger charge is -2.21. The number of hydrogen-bond acceptors (Lipinski definition) is 3. The van der Waals surface area contributed by atoms with Crippen LogP contribution in [0.2, 0.25) is 10.0 Å². The highest BCUT2D eigenvalue weighted by Crippen LogP contribution is 2.37. The van der Waals surface area contributed by atoms with E-state index in [0.717, 1.165) is 25.2 Å². The van der Waals surface area contributed by atoms with Crippen LogP contribution in [0.1, 0.15) is 6.42 Å². The number of methoxy groups -OCH3 is 1. The van der Waals surface area contributed by atoms with Gasteiger partial charge in [0.1, 0.15) is 0 Å². The Hall–Kier alpha value is -0.640. The van der Waals surface area contributed by atoms with Crippen molar-refractivity contribution < 1.29 is 4.74 Å². The first-order chi connectivity index (χ1) is 7.61. The van der Waals surface area contributed by atoms with Crippen LogP contribution in [0.25, 0.3) is 0 Å². The Morgan fingerprint density at radius 2 is 2.00 bits per heavy atom. The summed E-state index contributed by atoms with van der Waals surface area (Å²) in [4.78, 5) is 2.14. The molecule has 0 aliphatic carbocycles. The van der Waals surface area contributed by atoms with Crippen molar-refractivity contribution in [3.8, 4) is 0 Å². The summed E-state index contributed by atoms with van der Waals surface area (Å²) in [6.45, 7) is 1.72. The van der Waals surface area contributed by atoms with Crippen LogP contribution in [-0.2, 0) is 4.74 Å². The fourth-order valence-electron chi connectivity index (χ4n) is 2.01. The van der Waals surface area contributed by atoms with E-state index in [2.05, 4.69) is 4.90 Å². The first-order valence-corrected chi connectivity index (χ1v) is 5.89. The number of ether oxygens (including phenoxy) is 1. The van der Waals surface area contributed by atoms with Crippen molar-refractivity contribution in [1.82, 2.24) is 0 Å². The fraction of sp³-hybridized carbons (Fsp3) is 0.455. The second-order valence-corrected chi connectivity index (χ2v) is 4.74. The second kappa shape index (κ2) is 4.70. The Labute approximate surface area is 105 Å². The predicted octanol–water partition coefficient (Wildman–Crippen LogP) is 2.80. The standard InChI is InChI=1S/C11H14Cl2N2O/c1-16-8-2-3-15(6-8)11-9(12)4-7(14)5-10(11)13/h4-5,8H,2-3,6,14H2,1H3. The quantitative estimate of drug-likeness (QED) is 0.832. The number of anilines is 2. The SMILES string of the molecule is COC1CCN(c2c(Cl)cc(N)cc2Cl)C1. The van der Waals surface area contributed by atoms with Gasteiger partial charge < -0.3 is 15.4 Å². The number of hydrogen-bond donors (Lipinski definition) is 1. The summed E-state index contributed by atoms with van der Waals surface area (Å²) in [6.07, 6.45) is 1.25. The Balaban J connectivity index is 2.28. The van der Waals surface area contributed by atoms with Crippen molar-refractivity contribution in [3.05, 3.63) is 22.2 Å². The van der Waals surface area contributed by atoms with Crippen LogP contribution in [-0.4, -0.2) is 26.3 Å². The molecule has 0 amide bonds. The monoisotopic (exact) mass is 260 g/mol. The molecule has 1 atom stereocenters. The van der Waals surface area contributed by atoms with Crippen LogP contribution in [0.3, 0.4) is 0 Å². The largest absolute Gasteiger partial charge is 0.399 e. The normalized spacial score (nSPS) is 20.4. The van der Waals surface area contributed by atoms with Gasteiger partial charge in [-0.3, -0.25) is 0 Å². The minimum absolute atomic E-state index is 0.254. The van der Waals surface area contributed by atoms with Gasteiger partial charge in [0, 0.05) is 25.9 Å². The summed E-state index contributed by atoms with van der Waals surface area (Å²) < 4.78 is 5.31. The summed E-state index contributed by atoms with van der Waals surface area (Å²) in [5.41, 5.74) is 7.11. The van der Waals surface area contributed by atoms with Crippen LogP contribution in [0.5, 0.6) is 0 Å². The molecule has 1 aromatic carbocycles. The molecule has 2 N–H and O–H groups in total. The second-order valence-electron chi connectivity index (χ2n) is 3.93. The van der Waals surface area contributed by atoms with Crippen molar-refractivity contribution in [2.75, 3.05) is 30.8 Å². The lowest BCUT2D eigenvalue weighted by Crippen LogP contribution is -2.22. The van der Waals surface area contributed by atoms with Crippen LogP contribution in [0, 0.1) is 0 Å². The van der Waals surface area contributed by atoms with E-state index in [-0.39, 0.29) is 6.10 Å². The molecule has 0 spiro atoms. The van der Waals surface area contributed by atoms with Gasteiger partial charge in [0.2, 0.25) is 0 Å². The molecule has 1 heterocycles. The van der Waals surface area contributed by atoms with Gasteiger partial charge in [-0.25, -0.2) is 0 Å². The average Bonchev–Trinajstić information content (AvgIpc) is 2.64. The Morgan fingerprint density at radius 1 is 1.38 bits per heavy atom. The van der Waals surface area contributed by atoms with E-state index in [1.165, 1.54) is 0 Å². The molecule has 0 radical (unpaired) electrons. The first-order valence-electron chi connectivity index (χ1n) is 5.14. The van der Waals surface area contributed by atoms with Gasteiger partial charge in [0.25, 0.3) is 0 Å². The number of halogens is 2. The predicted molar refractivity (Wildman–Crippen MR) is 68.5 cm³/mol. The molecule has 3 nitrogen and oxygen atoms in total. The molecule has 2 rings (SSSR count). The van der Waals surface area contributed by atoms with Crippen LogP contribution in [0.4, 0.5) is 11.4 Å². The molecule has 16 heavy (non-hydrogen) atoms. The minimum atomic E-state index is 0.254. The van der Waals surface area contributed by atoms with Gasteiger partial charge in [-0.2, -0.15) is 0 Å². The number of nitrogen functional groups attached to an aromatic ring is 1. The zero-order chi connectivity index (χ0) is 11.7. The first kappa shape index (κ1) is 11.8. The molecule has 5 heteroatoms. The van der Waals surface area contributed by atoms with Crippen LogP contribution < -0.4 is 10.6 Å². The van der Waals surface area contributed by atoms with Gasteiger partial charge in [-0.15, -0.1) is 0 Å². The van der Waals surface area contributed by atoms with E-state index in [4.69, 9.17) is 33.7 Å². The van der Waals surface area contributed by atoms with Crippen molar-refractivity contribution in [2.24, 2.45) is 0 Å². The molecule has 0 aromatic heterocycles. The van der Waals surface area contributed by atoms with E-state index in [1.807, 2.05) is 0 Å². The lowest BCUT2D eigenvalue weighted by atomic mass is 10.2. The highest BCUT2D eigenvalue weighted by molar-refractivity contribution is 6.39. The molecular formula is C11H14Cl2N2O. The van der Waals surface area contributed by atoms with Crippen molar-refractivity contribution >= 4 is 34.6 Å². The highest BCUT2D eigenvalue weighted by Gasteiger charge is 2.25. The summed E-state index contributed by atoms with van der Waals surface area (Å²) >= 11 is 12.3. The van der Waals surface area contributed by atoms with Crippen molar-refractivity contribution in [1.29, 1.82) is 0 Å². The zero-order valence-corrected chi connectivity index (χ0v) is 10.6. The van der Waals surface area contributed by atoms with E-state index in [9.17, 15) is 0 Å². The Kier molecular flexibility index (Phi) is 3.47. The molecule has 1 aromatic rings. The Bertz CT molecular complexity index is 375. The maximum absolute atomic E-state index is 6.16. The summed E-state index contributed by atoms with van der Waals surface area (Å²) in [6, 6.07) is 3.45. The number of nitrogens with two attached hydrogens (primary N) is 1. The van der Waals surface area contributed by atoms with E-state index >= 15 is 0 Å². The fourth-order valence-corrected chi connectivity index (χ4v) is 2.75. The summed E-state index contributed by atoms with van der Waals surface area (Å²) in [5, 5.41) is 1.20. The van der Waals surface area contributed by atoms with E-state index in [0.29, 0.717) is 15.7 Å². The topological polar surface area (TPSA) is 38.5 Å². The molecule has 0 bridgehead atoms. The molecule has 1 fully saturated rings. The smallest absolute Gasteiger partial charge is 0.0762 e. The van der Waals surface area contributed by atoms with Crippen molar-refractivity contribution in [2.45, 2.75) is 12.5 Å². The molecule has 1 aliphatic rings. The highest BCUT2D eigenvalue weighted by atomic mass is 35.5. The average molecular weight is 261 g/mol.